The van der Waals surface area contributed by atoms with Gasteiger partial charge in [0.15, 0.2) is 0 Å². The average Bonchev–Trinajstić information content (AvgIpc) is 3.30. The van der Waals surface area contributed by atoms with Gasteiger partial charge < -0.3 is 4.74 Å². The largest absolute Gasteiger partial charge is 0.378 e. The van der Waals surface area contributed by atoms with Gasteiger partial charge in [-0.3, -0.25) is 4.68 Å². The molecule has 0 amide bonds. The molecule has 0 spiro atoms. The minimum Gasteiger partial charge on any atom is -0.378 e. The van der Waals surface area contributed by atoms with E-state index < -0.39 is 0 Å². The van der Waals surface area contributed by atoms with E-state index in [1.165, 1.54) is 12.8 Å². The van der Waals surface area contributed by atoms with Gasteiger partial charge in [-0.05, 0) is 52.9 Å². The first-order valence-corrected chi connectivity index (χ1v) is 8.84. The van der Waals surface area contributed by atoms with E-state index in [9.17, 15) is 0 Å². The molecule has 0 atom stereocenters. The minimum atomic E-state index is 0.00190. The Morgan fingerprint density at radius 2 is 1.92 bits per heavy atom. The summed E-state index contributed by atoms with van der Waals surface area (Å²) >= 11 is 0. The van der Waals surface area contributed by atoms with Crippen LogP contribution in [0.5, 0.6) is 0 Å². The highest BCUT2D eigenvalue weighted by atomic mass is 16.5. The van der Waals surface area contributed by atoms with Gasteiger partial charge in [0.2, 0.25) is 0 Å². The van der Waals surface area contributed by atoms with Gasteiger partial charge in [-0.15, -0.1) is 5.10 Å². The molecule has 0 radical (unpaired) electrons. The van der Waals surface area contributed by atoms with E-state index >= 15 is 0 Å². The molecule has 2 heterocycles. The summed E-state index contributed by atoms with van der Waals surface area (Å²) in [5.74, 6) is 0. The van der Waals surface area contributed by atoms with E-state index in [0.717, 1.165) is 30.5 Å². The lowest BCUT2D eigenvalue weighted by molar-refractivity contribution is -0.000307. The maximum absolute atomic E-state index is 5.81. The number of hydrogen-bond donors (Lipinski definition) is 0. The number of nitrogens with zero attached hydrogens (tertiary/aromatic N) is 5. The second-order valence-corrected chi connectivity index (χ2v) is 8.61. The van der Waals surface area contributed by atoms with Crippen molar-refractivity contribution in [1.82, 2.24) is 24.8 Å². The first-order chi connectivity index (χ1) is 11.3. The molecule has 2 aliphatic rings. The lowest BCUT2D eigenvalue weighted by Crippen LogP contribution is -2.24. The SMILES string of the molecule is COC12CCC(c3cn(Cc4cnn(C(C)(C)C)c4)nn3)(CC1)C2. The van der Waals surface area contributed by atoms with E-state index in [4.69, 9.17) is 4.74 Å². The topological polar surface area (TPSA) is 57.8 Å². The Morgan fingerprint density at radius 3 is 2.50 bits per heavy atom. The van der Waals surface area contributed by atoms with Crippen LogP contribution in [0, 0.1) is 0 Å². The fraction of sp³-hybridized carbons (Fsp3) is 0.722. The highest BCUT2D eigenvalue weighted by molar-refractivity contribution is 5.23. The smallest absolute Gasteiger partial charge is 0.0890 e. The quantitative estimate of drug-likeness (QED) is 0.865. The molecule has 130 valence electrons. The Bertz CT molecular complexity index is 731. The maximum Gasteiger partial charge on any atom is 0.0890 e. The zero-order chi connectivity index (χ0) is 17.0. The molecule has 4 rings (SSSR count). The fourth-order valence-electron chi connectivity index (χ4n) is 4.39. The molecule has 0 unspecified atom stereocenters. The van der Waals surface area contributed by atoms with E-state index in [2.05, 4.69) is 48.6 Å². The van der Waals surface area contributed by atoms with Crippen LogP contribution >= 0.6 is 0 Å². The third kappa shape index (κ3) is 2.48. The third-order valence-corrected chi connectivity index (χ3v) is 5.96. The summed E-state index contributed by atoms with van der Waals surface area (Å²) in [7, 11) is 1.85. The van der Waals surface area contributed by atoms with Crippen LogP contribution < -0.4 is 0 Å². The van der Waals surface area contributed by atoms with Gasteiger partial charge in [0, 0.05) is 30.5 Å². The van der Waals surface area contributed by atoms with Crippen molar-refractivity contribution in [3.05, 3.63) is 29.8 Å². The highest BCUT2D eigenvalue weighted by Gasteiger charge is 2.56. The first-order valence-electron chi connectivity index (χ1n) is 8.84. The molecular weight excluding hydrogens is 302 g/mol. The fourth-order valence-corrected chi connectivity index (χ4v) is 4.39. The average molecular weight is 329 g/mol. The summed E-state index contributed by atoms with van der Waals surface area (Å²) in [4.78, 5) is 0. The Kier molecular flexibility index (Phi) is 3.39. The summed E-state index contributed by atoms with van der Waals surface area (Å²) in [6.07, 6.45) is 11.9. The lowest BCUT2D eigenvalue weighted by Gasteiger charge is -2.25. The molecular formula is C18H27N5O. The number of aromatic nitrogens is 5. The summed E-state index contributed by atoms with van der Waals surface area (Å²) in [5, 5.41) is 13.4. The third-order valence-electron chi connectivity index (χ3n) is 5.96. The molecule has 2 aromatic rings. The zero-order valence-electron chi connectivity index (χ0n) is 15.1. The van der Waals surface area contributed by atoms with Crippen molar-refractivity contribution in [2.24, 2.45) is 0 Å². The van der Waals surface area contributed by atoms with Crippen LogP contribution in [0.3, 0.4) is 0 Å². The number of methoxy groups -OCH3 is 1. The second-order valence-electron chi connectivity index (χ2n) is 8.61. The van der Waals surface area contributed by atoms with Gasteiger partial charge in [0.05, 0.1) is 29.6 Å². The van der Waals surface area contributed by atoms with E-state index in [1.807, 2.05) is 22.7 Å². The predicted octanol–water partition coefficient (Wildman–Crippen LogP) is 2.88. The molecule has 6 nitrogen and oxygen atoms in total. The Morgan fingerprint density at radius 1 is 1.17 bits per heavy atom. The molecule has 2 bridgehead atoms. The molecule has 0 saturated heterocycles. The summed E-state index contributed by atoms with van der Waals surface area (Å²) < 4.78 is 9.75. The number of hydrogen-bond acceptors (Lipinski definition) is 4. The molecule has 2 saturated carbocycles. The minimum absolute atomic E-state index is 0.00190. The van der Waals surface area contributed by atoms with Crippen molar-refractivity contribution >= 4 is 0 Å². The summed E-state index contributed by atoms with van der Waals surface area (Å²) in [5.41, 5.74) is 2.58. The van der Waals surface area contributed by atoms with Crippen molar-refractivity contribution in [3.63, 3.8) is 0 Å². The van der Waals surface area contributed by atoms with Gasteiger partial charge in [0.25, 0.3) is 0 Å². The van der Waals surface area contributed by atoms with Crippen molar-refractivity contribution in [2.45, 2.75) is 76.0 Å². The normalized spacial score (nSPS) is 29.5. The second kappa shape index (κ2) is 5.15. The van der Waals surface area contributed by atoms with Crippen LogP contribution in [0.1, 0.15) is 64.1 Å². The molecule has 0 aliphatic heterocycles. The standard InChI is InChI=1S/C18H27N5O/c1-16(2,3)23-11-14(9-19-23)10-22-12-15(20-21-22)17-5-7-18(13-17,24-4)8-6-17/h9,11-12H,5-8,10,13H2,1-4H3. The van der Waals surface area contributed by atoms with Gasteiger partial charge in [0.1, 0.15) is 0 Å². The van der Waals surface area contributed by atoms with Crippen LogP contribution in [0.4, 0.5) is 0 Å². The highest BCUT2D eigenvalue weighted by Crippen LogP contribution is 2.58. The Labute approximate surface area is 143 Å². The van der Waals surface area contributed by atoms with Crippen molar-refractivity contribution < 1.29 is 4.74 Å². The Balaban J connectivity index is 1.51. The van der Waals surface area contributed by atoms with Gasteiger partial charge in [-0.2, -0.15) is 5.10 Å². The van der Waals surface area contributed by atoms with Gasteiger partial charge in [-0.1, -0.05) is 5.21 Å². The molecule has 2 aliphatic carbocycles. The number of fused-ring (bicyclic) bond motifs is 2. The molecule has 0 N–H and O–H groups in total. The molecule has 2 aromatic heterocycles. The lowest BCUT2D eigenvalue weighted by atomic mass is 9.81. The number of rotatable bonds is 4. The summed E-state index contributed by atoms with van der Waals surface area (Å²) in [6.45, 7) is 7.17. The maximum atomic E-state index is 5.81. The molecule has 24 heavy (non-hydrogen) atoms. The van der Waals surface area contributed by atoms with Crippen molar-refractivity contribution in [2.75, 3.05) is 7.11 Å². The summed E-state index contributed by atoms with van der Waals surface area (Å²) in [6, 6.07) is 0. The first kappa shape index (κ1) is 15.8. The van der Waals surface area contributed by atoms with E-state index in [0.29, 0.717) is 6.54 Å². The monoisotopic (exact) mass is 329 g/mol. The van der Waals surface area contributed by atoms with Crippen LogP contribution in [-0.2, 0) is 22.2 Å². The van der Waals surface area contributed by atoms with Crippen LogP contribution in [0.15, 0.2) is 18.6 Å². The van der Waals surface area contributed by atoms with E-state index in [-0.39, 0.29) is 16.6 Å². The van der Waals surface area contributed by atoms with Gasteiger partial charge >= 0.3 is 0 Å². The molecule has 6 heteroatoms. The van der Waals surface area contributed by atoms with Crippen LogP contribution in [0.25, 0.3) is 0 Å². The van der Waals surface area contributed by atoms with Crippen molar-refractivity contribution in [1.29, 1.82) is 0 Å². The molecule has 0 aromatic carbocycles. The van der Waals surface area contributed by atoms with Crippen LogP contribution in [-0.4, -0.2) is 37.5 Å². The van der Waals surface area contributed by atoms with E-state index in [1.54, 1.807) is 0 Å². The molecule has 2 fully saturated rings. The van der Waals surface area contributed by atoms with Crippen LogP contribution in [0.2, 0.25) is 0 Å². The van der Waals surface area contributed by atoms with Gasteiger partial charge in [-0.25, -0.2) is 4.68 Å². The number of ether oxygens (including phenoxy) is 1. The predicted molar refractivity (Wildman–Crippen MR) is 90.9 cm³/mol. The zero-order valence-corrected chi connectivity index (χ0v) is 15.1. The Hall–Kier alpha value is -1.69. The van der Waals surface area contributed by atoms with Crippen molar-refractivity contribution in [3.8, 4) is 0 Å².